The Morgan fingerprint density at radius 3 is 1.96 bits per heavy atom. The summed E-state index contributed by atoms with van der Waals surface area (Å²) in [6.07, 6.45) is 5.91. The van der Waals surface area contributed by atoms with E-state index in [9.17, 15) is 70.2 Å². The van der Waals surface area contributed by atoms with Crippen LogP contribution in [-0.2, 0) is 70.9 Å². The van der Waals surface area contributed by atoms with Crippen molar-refractivity contribution in [3.8, 4) is 0 Å². The van der Waals surface area contributed by atoms with E-state index in [1.807, 2.05) is 4.90 Å². The minimum atomic E-state index is -5.04. The fourth-order valence-corrected chi connectivity index (χ4v) is 12.6. The number of anilines is 1. The van der Waals surface area contributed by atoms with Gasteiger partial charge in [-0.1, -0.05) is 64.1 Å². The molecule has 372 valence electrons. The van der Waals surface area contributed by atoms with E-state index < -0.39 is 92.6 Å². The van der Waals surface area contributed by atoms with Crippen LogP contribution in [0.25, 0.3) is 21.5 Å². The number of aliphatic carboxylic acids is 1. The summed E-state index contributed by atoms with van der Waals surface area (Å²) in [4.78, 5) is 10.4. The summed E-state index contributed by atoms with van der Waals surface area (Å²) in [6, 6.07) is 9.74. The van der Waals surface area contributed by atoms with Crippen molar-refractivity contribution in [1.82, 2.24) is 4.72 Å². The summed E-state index contributed by atoms with van der Waals surface area (Å²) in [7, 11) is -22.7. The highest BCUT2D eigenvalue weighted by molar-refractivity contribution is 7.90. The molecular formula is C44H54N2O17S5. The molecule has 1 heterocycles. The minimum absolute atomic E-state index is 0.0258. The minimum Gasteiger partial charge on any atom is -0.481 e. The van der Waals surface area contributed by atoms with Crippen LogP contribution in [0.15, 0.2) is 104 Å². The van der Waals surface area contributed by atoms with Gasteiger partial charge in [0.05, 0.1) is 27.0 Å². The number of fused-ring (bicyclic) bond motifs is 4. The van der Waals surface area contributed by atoms with Gasteiger partial charge in [0.1, 0.15) is 4.90 Å². The molecule has 0 spiro atoms. The van der Waals surface area contributed by atoms with Crippen molar-refractivity contribution in [2.75, 3.05) is 37.5 Å². The summed E-state index contributed by atoms with van der Waals surface area (Å²) in [6.45, 7) is 11.3. The van der Waals surface area contributed by atoms with Crippen LogP contribution < -0.4 is 9.62 Å². The quantitative estimate of drug-likeness (QED) is 0.0284. The largest absolute Gasteiger partial charge is 0.481 e. The fraction of sp³-hybridized carbons (Fsp3) is 0.386. The zero-order valence-electron chi connectivity index (χ0n) is 37.8. The Bertz CT molecular complexity index is 3330. The van der Waals surface area contributed by atoms with Crippen molar-refractivity contribution < 1.29 is 74.9 Å². The van der Waals surface area contributed by atoms with Gasteiger partial charge in [0.2, 0.25) is 10.0 Å². The molecule has 1 aliphatic heterocycles. The molecule has 6 N–H and O–H groups in total. The van der Waals surface area contributed by atoms with E-state index in [1.54, 1.807) is 58.1 Å². The molecular weight excluding hydrogens is 989 g/mol. The van der Waals surface area contributed by atoms with Gasteiger partial charge >= 0.3 is 5.97 Å². The number of hydrogen-bond donors (Lipinski definition) is 6. The number of methoxy groups -OCH3 is 1. The normalized spacial score (nSPS) is 16.2. The summed E-state index contributed by atoms with van der Waals surface area (Å²) in [5.74, 6) is -1.66. The summed E-state index contributed by atoms with van der Waals surface area (Å²) in [5.41, 5.74) is 0.138. The van der Waals surface area contributed by atoms with E-state index in [4.69, 9.17) is 4.74 Å². The first kappa shape index (κ1) is 54.3. The third-order valence-electron chi connectivity index (χ3n) is 12.1. The lowest BCUT2D eigenvalue weighted by atomic mass is 9.70. The topological polar surface area (TPSA) is 313 Å². The van der Waals surface area contributed by atoms with Gasteiger partial charge in [-0.15, -0.1) is 0 Å². The summed E-state index contributed by atoms with van der Waals surface area (Å²) >= 11 is 0. The molecule has 24 heteroatoms. The average molecular weight is 1040 g/mol. The van der Waals surface area contributed by atoms with Crippen LogP contribution in [0, 0.1) is 6.92 Å². The van der Waals surface area contributed by atoms with Gasteiger partial charge in [-0.2, -0.15) is 33.7 Å². The second-order valence-corrected chi connectivity index (χ2v) is 24.7. The Morgan fingerprint density at radius 2 is 1.38 bits per heavy atom. The van der Waals surface area contributed by atoms with Gasteiger partial charge in [-0.25, -0.2) is 13.1 Å². The van der Waals surface area contributed by atoms with Crippen molar-refractivity contribution in [2.45, 2.75) is 96.6 Å². The molecule has 0 amide bonds. The number of hydrogen-bond acceptors (Lipinski definition) is 13. The van der Waals surface area contributed by atoms with E-state index >= 15 is 0 Å². The number of ether oxygens (including phenoxy) is 1. The predicted octanol–water partition coefficient (Wildman–Crippen LogP) is 6.33. The standard InChI is InChI=1S/C44H54N2O17S5/c1-28-15-16-32-34(24-30(66(54,55)56)26-37(32)65(52,53)45-20-22-63-6)41(28)44(5,19-11-23-64(49,50)51)29(2)12-10-13-39-43(3,4)42-35-25-31(67(57,58)59)27-38(68(60,61)62)33(35)17-18-36(42)46(39)21-9-7-8-14-40(47)48/h10,12-13,15-18,24-27,45H,2,7-9,11,14,19-23H2,1,3-6H3,(H,47,48)(H,49,50,51)(H,54,55,56)(H,57,58,59)(H,60,61,62)/b12-10+,39-13+. The molecule has 19 nitrogen and oxygen atoms in total. The number of sulfonamides is 1. The van der Waals surface area contributed by atoms with E-state index in [0.29, 0.717) is 53.4 Å². The van der Waals surface area contributed by atoms with Crippen molar-refractivity contribution in [3.63, 3.8) is 0 Å². The lowest BCUT2D eigenvalue weighted by Crippen LogP contribution is -2.29. The van der Waals surface area contributed by atoms with Crippen LogP contribution in [0.1, 0.15) is 76.0 Å². The second-order valence-electron chi connectivity index (χ2n) is 17.2. The third-order valence-corrected chi connectivity index (χ3v) is 17.0. The summed E-state index contributed by atoms with van der Waals surface area (Å²) < 4.78 is 175. The number of nitrogens with zero attached hydrogens (tertiary/aromatic N) is 1. The molecule has 1 aliphatic rings. The smallest absolute Gasteiger partial charge is 0.303 e. The van der Waals surface area contributed by atoms with Crippen molar-refractivity contribution in [2.24, 2.45) is 0 Å². The number of carboxylic acids is 1. The molecule has 5 rings (SSSR count). The molecule has 0 fully saturated rings. The van der Waals surface area contributed by atoms with Gasteiger partial charge in [-0.3, -0.25) is 23.0 Å². The maximum atomic E-state index is 13.7. The predicted molar refractivity (Wildman–Crippen MR) is 255 cm³/mol. The van der Waals surface area contributed by atoms with Gasteiger partial charge in [-0.05, 0) is 102 Å². The van der Waals surface area contributed by atoms with Crippen molar-refractivity contribution in [3.05, 3.63) is 101 Å². The maximum absolute atomic E-state index is 13.7. The van der Waals surface area contributed by atoms with E-state index in [-0.39, 0.29) is 66.1 Å². The Kier molecular flexibility index (Phi) is 16.0. The van der Waals surface area contributed by atoms with Gasteiger partial charge < -0.3 is 14.7 Å². The van der Waals surface area contributed by atoms with Gasteiger partial charge in [0.25, 0.3) is 40.5 Å². The SMILES string of the molecule is C=C(/C=C/C=C1/N(CCCCCC(=O)O)c2ccc3c(S(=O)(=O)O)cc(S(=O)(=O)O)cc3c2C1(C)C)C(C)(CCCS(=O)(=O)O)c1c(C)ccc2c(S(=O)(=O)NCCOC)cc(S(=O)(=O)O)cc12. The number of unbranched alkanes of at least 4 members (excludes halogenated alkanes) is 2. The third kappa shape index (κ3) is 11.9. The highest BCUT2D eigenvalue weighted by Crippen LogP contribution is 2.52. The van der Waals surface area contributed by atoms with Crippen LogP contribution >= 0.6 is 0 Å². The van der Waals surface area contributed by atoms with E-state index in [0.717, 1.165) is 18.2 Å². The maximum Gasteiger partial charge on any atom is 0.303 e. The zero-order chi connectivity index (χ0) is 51.0. The Labute approximate surface area is 396 Å². The van der Waals surface area contributed by atoms with Crippen molar-refractivity contribution >= 4 is 83.7 Å². The summed E-state index contributed by atoms with van der Waals surface area (Å²) in [5, 5.41) is 9.38. The fourth-order valence-electron chi connectivity index (χ4n) is 8.90. The molecule has 0 saturated heterocycles. The molecule has 0 saturated carbocycles. The number of allylic oxidation sites excluding steroid dienone is 5. The lowest BCUT2D eigenvalue weighted by molar-refractivity contribution is -0.137. The monoisotopic (exact) mass is 1040 g/mol. The molecule has 0 aromatic heterocycles. The molecule has 0 radical (unpaired) electrons. The number of carbonyl (C=O) groups is 1. The zero-order valence-corrected chi connectivity index (χ0v) is 41.8. The number of nitrogens with one attached hydrogen (secondary N) is 1. The van der Waals surface area contributed by atoms with Crippen molar-refractivity contribution in [1.29, 1.82) is 0 Å². The van der Waals surface area contributed by atoms with Crippen LogP contribution in [0.3, 0.4) is 0 Å². The number of carboxylic acid groups (broad SMARTS) is 1. The first-order valence-corrected chi connectivity index (χ1v) is 28.3. The molecule has 4 aromatic rings. The van der Waals surface area contributed by atoms with Crippen LogP contribution in [0.5, 0.6) is 0 Å². The van der Waals surface area contributed by atoms with Crippen LogP contribution in [-0.4, -0.2) is 104 Å². The molecule has 1 unspecified atom stereocenters. The van der Waals surface area contributed by atoms with Crippen LogP contribution in [0.2, 0.25) is 0 Å². The van der Waals surface area contributed by atoms with Gasteiger partial charge in [0.15, 0.2) is 0 Å². The Morgan fingerprint density at radius 1 is 0.794 bits per heavy atom. The number of rotatable bonds is 22. The highest BCUT2D eigenvalue weighted by Gasteiger charge is 2.42. The molecule has 0 aliphatic carbocycles. The average Bonchev–Trinajstić information content (AvgIpc) is 3.42. The number of benzene rings is 4. The lowest BCUT2D eigenvalue weighted by Gasteiger charge is -2.34. The van der Waals surface area contributed by atoms with Crippen LogP contribution in [0.4, 0.5) is 5.69 Å². The number of aryl methyl sites for hydroxylation is 1. The molecule has 0 bridgehead atoms. The molecule has 68 heavy (non-hydrogen) atoms. The highest BCUT2D eigenvalue weighted by atomic mass is 32.2. The first-order chi connectivity index (χ1) is 31.3. The van der Waals surface area contributed by atoms with E-state index in [1.165, 1.54) is 19.2 Å². The van der Waals surface area contributed by atoms with Gasteiger partial charge in [0, 0.05) is 59.6 Å². The molecule has 4 aromatic carbocycles. The second kappa shape index (κ2) is 20.0. The van der Waals surface area contributed by atoms with E-state index in [2.05, 4.69) is 11.3 Å². The Balaban J connectivity index is 1.75. The first-order valence-electron chi connectivity index (χ1n) is 20.9. The molecule has 1 atom stereocenters. The Hall–Kier alpha value is -4.60.